The highest BCUT2D eigenvalue weighted by molar-refractivity contribution is 9.11. The molecule has 0 aliphatic rings. The number of rotatable bonds is 5. The van der Waals surface area contributed by atoms with E-state index in [0.717, 1.165) is 21.2 Å². The fourth-order valence-corrected chi connectivity index (χ4v) is 3.70. The Kier molecular flexibility index (Phi) is 5.85. The molecule has 0 radical (unpaired) electrons. The van der Waals surface area contributed by atoms with E-state index in [0.29, 0.717) is 0 Å². The van der Waals surface area contributed by atoms with E-state index < -0.39 is 0 Å². The third-order valence-corrected chi connectivity index (χ3v) is 4.65. The van der Waals surface area contributed by atoms with Crippen molar-refractivity contribution >= 4 is 31.9 Å². The van der Waals surface area contributed by atoms with E-state index in [1.165, 1.54) is 16.7 Å². The maximum absolute atomic E-state index is 5.30. The van der Waals surface area contributed by atoms with Gasteiger partial charge in [-0.1, -0.05) is 50.9 Å². The molecule has 0 fully saturated rings. The minimum absolute atomic E-state index is 0.156. The van der Waals surface area contributed by atoms with Gasteiger partial charge in [0.15, 0.2) is 0 Å². The molecule has 2 nitrogen and oxygen atoms in total. The smallest absolute Gasteiger partial charge is 0.119 e. The van der Waals surface area contributed by atoms with Gasteiger partial charge in [-0.05, 0) is 54.4 Å². The SMILES string of the molecule is CCNC(c1ccc(OC)cc1C)c1ccc(Br)cc1Br. The second-order valence-electron chi connectivity index (χ2n) is 4.88. The second-order valence-corrected chi connectivity index (χ2v) is 6.65. The molecule has 112 valence electrons. The van der Waals surface area contributed by atoms with Crippen molar-refractivity contribution < 1.29 is 4.74 Å². The molecule has 0 aromatic heterocycles. The van der Waals surface area contributed by atoms with Crippen LogP contribution < -0.4 is 10.1 Å². The molecule has 2 aromatic rings. The van der Waals surface area contributed by atoms with Crippen LogP contribution in [0.3, 0.4) is 0 Å². The summed E-state index contributed by atoms with van der Waals surface area (Å²) in [5.41, 5.74) is 3.71. The first kappa shape index (κ1) is 16.5. The molecule has 0 amide bonds. The van der Waals surface area contributed by atoms with Crippen molar-refractivity contribution in [1.29, 1.82) is 0 Å². The zero-order chi connectivity index (χ0) is 15.4. The van der Waals surface area contributed by atoms with Crippen LogP contribution in [0.25, 0.3) is 0 Å². The lowest BCUT2D eigenvalue weighted by Gasteiger charge is -2.22. The summed E-state index contributed by atoms with van der Waals surface area (Å²) in [4.78, 5) is 0. The Balaban J connectivity index is 2.48. The van der Waals surface area contributed by atoms with Gasteiger partial charge in [-0.25, -0.2) is 0 Å². The molecular formula is C17H19Br2NO. The quantitative estimate of drug-likeness (QED) is 0.725. The Bertz CT molecular complexity index is 628. The van der Waals surface area contributed by atoms with Crippen LogP contribution in [0.15, 0.2) is 45.3 Å². The highest BCUT2D eigenvalue weighted by Crippen LogP contribution is 2.33. The molecule has 1 N–H and O–H groups in total. The van der Waals surface area contributed by atoms with Crippen LogP contribution in [0.5, 0.6) is 5.75 Å². The van der Waals surface area contributed by atoms with E-state index in [1.54, 1.807) is 7.11 Å². The Labute approximate surface area is 143 Å². The normalized spacial score (nSPS) is 12.2. The first-order valence-electron chi connectivity index (χ1n) is 6.89. The highest BCUT2D eigenvalue weighted by Gasteiger charge is 2.18. The molecule has 1 unspecified atom stereocenters. The van der Waals surface area contributed by atoms with Gasteiger partial charge in [0, 0.05) is 8.95 Å². The summed E-state index contributed by atoms with van der Waals surface area (Å²) in [7, 11) is 1.70. The van der Waals surface area contributed by atoms with Gasteiger partial charge in [-0.15, -0.1) is 0 Å². The summed E-state index contributed by atoms with van der Waals surface area (Å²) in [5.74, 6) is 0.890. The average molecular weight is 413 g/mol. The molecular weight excluding hydrogens is 394 g/mol. The number of benzene rings is 2. The summed E-state index contributed by atoms with van der Waals surface area (Å²) >= 11 is 7.18. The third kappa shape index (κ3) is 3.87. The predicted molar refractivity (Wildman–Crippen MR) is 95.1 cm³/mol. The van der Waals surface area contributed by atoms with Crippen LogP contribution >= 0.6 is 31.9 Å². The van der Waals surface area contributed by atoms with Crippen molar-refractivity contribution in [2.75, 3.05) is 13.7 Å². The molecule has 2 aromatic carbocycles. The van der Waals surface area contributed by atoms with Crippen LogP contribution in [-0.2, 0) is 0 Å². The van der Waals surface area contributed by atoms with Gasteiger partial charge < -0.3 is 10.1 Å². The van der Waals surface area contributed by atoms with Crippen LogP contribution in [0.1, 0.15) is 29.7 Å². The van der Waals surface area contributed by atoms with Gasteiger partial charge >= 0.3 is 0 Å². The summed E-state index contributed by atoms with van der Waals surface area (Å²) in [5, 5.41) is 3.57. The highest BCUT2D eigenvalue weighted by atomic mass is 79.9. The fourth-order valence-electron chi connectivity index (χ4n) is 2.43. The van der Waals surface area contributed by atoms with Crippen molar-refractivity contribution in [3.8, 4) is 5.75 Å². The van der Waals surface area contributed by atoms with Gasteiger partial charge in [-0.2, -0.15) is 0 Å². The minimum atomic E-state index is 0.156. The predicted octanol–water partition coefficient (Wildman–Crippen LogP) is 5.23. The summed E-state index contributed by atoms with van der Waals surface area (Å²) in [6, 6.07) is 12.7. The first-order chi connectivity index (χ1) is 10.1. The van der Waals surface area contributed by atoms with E-state index in [2.05, 4.69) is 81.4 Å². The molecule has 0 heterocycles. The monoisotopic (exact) mass is 411 g/mol. The van der Waals surface area contributed by atoms with E-state index in [-0.39, 0.29) is 6.04 Å². The summed E-state index contributed by atoms with van der Waals surface area (Å²) < 4.78 is 7.46. The van der Waals surface area contributed by atoms with Gasteiger partial charge in [0.25, 0.3) is 0 Å². The lowest BCUT2D eigenvalue weighted by molar-refractivity contribution is 0.414. The second kappa shape index (κ2) is 7.43. The zero-order valence-electron chi connectivity index (χ0n) is 12.4. The third-order valence-electron chi connectivity index (χ3n) is 3.47. The first-order valence-corrected chi connectivity index (χ1v) is 8.48. The number of halogens is 2. The summed E-state index contributed by atoms with van der Waals surface area (Å²) in [6.07, 6.45) is 0. The van der Waals surface area contributed by atoms with E-state index >= 15 is 0 Å². The molecule has 0 bridgehead atoms. The summed E-state index contributed by atoms with van der Waals surface area (Å²) in [6.45, 7) is 5.15. The van der Waals surface area contributed by atoms with Crippen LogP contribution in [0.2, 0.25) is 0 Å². The molecule has 0 aliphatic carbocycles. The maximum Gasteiger partial charge on any atom is 0.119 e. The van der Waals surface area contributed by atoms with Gasteiger partial charge in [0.2, 0.25) is 0 Å². The molecule has 1 atom stereocenters. The van der Waals surface area contributed by atoms with E-state index in [1.807, 2.05) is 6.07 Å². The lowest BCUT2D eigenvalue weighted by Crippen LogP contribution is -2.23. The molecule has 21 heavy (non-hydrogen) atoms. The van der Waals surface area contributed by atoms with Crippen LogP contribution in [-0.4, -0.2) is 13.7 Å². The van der Waals surface area contributed by atoms with Crippen molar-refractivity contribution in [3.05, 3.63) is 62.0 Å². The standard InChI is InChI=1S/C17H19Br2NO/c1-4-20-17(15-7-5-12(18)10-16(15)19)14-8-6-13(21-3)9-11(14)2/h5-10,17,20H,4H2,1-3H3. The Morgan fingerprint density at radius 1 is 1.10 bits per heavy atom. The van der Waals surface area contributed by atoms with Crippen molar-refractivity contribution in [2.24, 2.45) is 0 Å². The van der Waals surface area contributed by atoms with Crippen molar-refractivity contribution in [3.63, 3.8) is 0 Å². The van der Waals surface area contributed by atoms with Crippen molar-refractivity contribution in [1.82, 2.24) is 5.32 Å². The van der Waals surface area contributed by atoms with Crippen LogP contribution in [0.4, 0.5) is 0 Å². The minimum Gasteiger partial charge on any atom is -0.497 e. The number of methoxy groups -OCH3 is 1. The largest absolute Gasteiger partial charge is 0.497 e. The van der Waals surface area contributed by atoms with Crippen molar-refractivity contribution in [2.45, 2.75) is 19.9 Å². The van der Waals surface area contributed by atoms with Gasteiger partial charge in [0.05, 0.1) is 13.2 Å². The molecule has 0 spiro atoms. The molecule has 4 heteroatoms. The number of aryl methyl sites for hydroxylation is 1. The fraction of sp³-hybridized carbons (Fsp3) is 0.294. The maximum atomic E-state index is 5.30. The van der Waals surface area contributed by atoms with Gasteiger partial charge in [-0.3, -0.25) is 0 Å². The van der Waals surface area contributed by atoms with E-state index in [9.17, 15) is 0 Å². The number of nitrogens with one attached hydrogen (secondary N) is 1. The van der Waals surface area contributed by atoms with E-state index in [4.69, 9.17) is 4.74 Å². The Morgan fingerprint density at radius 2 is 1.81 bits per heavy atom. The zero-order valence-corrected chi connectivity index (χ0v) is 15.6. The molecule has 2 rings (SSSR count). The average Bonchev–Trinajstić information content (AvgIpc) is 2.46. The molecule has 0 saturated heterocycles. The lowest BCUT2D eigenvalue weighted by atomic mass is 9.94. The molecule has 0 saturated carbocycles. The topological polar surface area (TPSA) is 21.3 Å². The number of hydrogen-bond donors (Lipinski definition) is 1. The number of ether oxygens (including phenoxy) is 1. The Hall–Kier alpha value is -0.840. The number of hydrogen-bond acceptors (Lipinski definition) is 2. The molecule has 0 aliphatic heterocycles. The Morgan fingerprint density at radius 3 is 2.38 bits per heavy atom. The van der Waals surface area contributed by atoms with Crippen LogP contribution in [0, 0.1) is 6.92 Å². The van der Waals surface area contributed by atoms with Gasteiger partial charge in [0.1, 0.15) is 5.75 Å².